The normalized spacial score (nSPS) is 16.9. The van der Waals surface area contributed by atoms with Crippen LogP contribution in [0, 0.1) is 6.92 Å². The molecule has 2 aliphatic heterocycles. The minimum Gasteiger partial charge on any atom is -0.467 e. The molecule has 5 rings (SSSR count). The van der Waals surface area contributed by atoms with E-state index in [4.69, 9.17) is 4.74 Å². The molecular formula is C26H30N6O4. The summed E-state index contributed by atoms with van der Waals surface area (Å²) >= 11 is 0. The number of carbonyl (C=O) groups excluding carboxylic acids is 3. The molecule has 0 radical (unpaired) electrons. The largest absolute Gasteiger partial charge is 0.467 e. The molecule has 0 aliphatic carbocycles. The summed E-state index contributed by atoms with van der Waals surface area (Å²) in [6.07, 6.45) is 3.39. The fraction of sp³-hybridized carbons (Fsp3) is 0.385. The van der Waals surface area contributed by atoms with E-state index >= 15 is 0 Å². The molecule has 2 aromatic carbocycles. The number of hydrogen-bond acceptors (Lipinski definition) is 5. The first-order valence-corrected chi connectivity index (χ1v) is 12.1. The van der Waals surface area contributed by atoms with E-state index < -0.39 is 12.0 Å². The number of H-pyrrole nitrogens is 1. The number of urea groups is 2. The Morgan fingerprint density at radius 3 is 2.78 bits per heavy atom. The molecule has 1 saturated heterocycles. The maximum absolute atomic E-state index is 13.1. The van der Waals surface area contributed by atoms with Gasteiger partial charge < -0.3 is 25.2 Å². The van der Waals surface area contributed by atoms with E-state index in [2.05, 4.69) is 20.8 Å². The molecule has 1 atom stereocenters. The molecule has 0 spiro atoms. The van der Waals surface area contributed by atoms with Crippen LogP contribution in [0.5, 0.6) is 0 Å². The molecule has 1 unspecified atom stereocenters. The Bertz CT molecular complexity index is 1300. The summed E-state index contributed by atoms with van der Waals surface area (Å²) in [6.45, 7) is 3.52. The second-order valence-electron chi connectivity index (χ2n) is 9.41. The number of hydrogen-bond donors (Lipinski definition) is 3. The Kier molecular flexibility index (Phi) is 6.49. The summed E-state index contributed by atoms with van der Waals surface area (Å²) in [5, 5.41) is 13.8. The van der Waals surface area contributed by atoms with Crippen LogP contribution in [0.4, 0.5) is 15.3 Å². The van der Waals surface area contributed by atoms with Crippen molar-refractivity contribution in [2.75, 3.05) is 25.5 Å². The quantitative estimate of drug-likeness (QED) is 0.475. The number of aryl methyl sites for hydroxylation is 1. The van der Waals surface area contributed by atoms with Gasteiger partial charge in [-0.25, -0.2) is 14.4 Å². The van der Waals surface area contributed by atoms with Gasteiger partial charge in [0.2, 0.25) is 0 Å². The minimum atomic E-state index is -0.812. The fourth-order valence-corrected chi connectivity index (χ4v) is 5.14. The summed E-state index contributed by atoms with van der Waals surface area (Å²) in [4.78, 5) is 41.8. The second kappa shape index (κ2) is 9.88. The number of nitrogens with one attached hydrogen (secondary N) is 3. The first kappa shape index (κ1) is 23.7. The van der Waals surface area contributed by atoms with Crippen LogP contribution >= 0.6 is 0 Å². The van der Waals surface area contributed by atoms with Gasteiger partial charge in [0.15, 0.2) is 0 Å². The van der Waals surface area contributed by atoms with Crippen molar-refractivity contribution < 1.29 is 19.1 Å². The van der Waals surface area contributed by atoms with Gasteiger partial charge in [0, 0.05) is 43.2 Å². The molecule has 1 aromatic heterocycles. The first-order valence-electron chi connectivity index (χ1n) is 12.1. The van der Waals surface area contributed by atoms with Crippen LogP contribution in [0.15, 0.2) is 42.6 Å². The highest BCUT2D eigenvalue weighted by Crippen LogP contribution is 2.27. The lowest BCUT2D eigenvalue weighted by Gasteiger charge is -2.40. The number of esters is 1. The molecule has 188 valence electrons. The number of ether oxygens (including phenoxy) is 1. The van der Waals surface area contributed by atoms with E-state index in [0.717, 1.165) is 33.3 Å². The van der Waals surface area contributed by atoms with Crippen molar-refractivity contribution in [2.45, 2.75) is 44.8 Å². The van der Waals surface area contributed by atoms with E-state index in [1.54, 1.807) is 11.1 Å². The highest BCUT2D eigenvalue weighted by molar-refractivity contribution is 5.92. The van der Waals surface area contributed by atoms with Gasteiger partial charge in [-0.1, -0.05) is 24.3 Å². The number of nitrogens with zero attached hydrogens (tertiary/aromatic N) is 3. The van der Waals surface area contributed by atoms with E-state index in [0.29, 0.717) is 38.9 Å². The first-order chi connectivity index (χ1) is 17.4. The molecule has 1 fully saturated rings. The van der Waals surface area contributed by atoms with Crippen LogP contribution in [-0.2, 0) is 22.5 Å². The Labute approximate surface area is 209 Å². The molecular weight excluding hydrogens is 460 g/mol. The molecule has 10 nitrogen and oxygen atoms in total. The minimum absolute atomic E-state index is 0.0449. The highest BCUT2D eigenvalue weighted by atomic mass is 16.5. The Balaban J connectivity index is 1.20. The summed E-state index contributed by atoms with van der Waals surface area (Å²) in [6, 6.07) is 10.6. The van der Waals surface area contributed by atoms with Crippen LogP contribution in [0.3, 0.4) is 0 Å². The number of carbonyl (C=O) groups is 3. The third-order valence-corrected chi connectivity index (χ3v) is 7.08. The van der Waals surface area contributed by atoms with Gasteiger partial charge in [-0.15, -0.1) is 0 Å². The van der Waals surface area contributed by atoms with Crippen molar-refractivity contribution in [3.05, 3.63) is 59.3 Å². The SMILES string of the molecule is COC(=O)C(Cc1cc(C)c2[nH]ncc2c1)NC(=O)N1CCC(N2Cc3ccccc3NC2=O)CC1. The lowest BCUT2D eigenvalue weighted by Crippen LogP contribution is -2.54. The highest BCUT2D eigenvalue weighted by Gasteiger charge is 2.33. The fourth-order valence-electron chi connectivity index (χ4n) is 5.14. The third kappa shape index (κ3) is 4.71. The van der Waals surface area contributed by atoms with E-state index in [1.807, 2.05) is 48.2 Å². The molecule has 0 saturated carbocycles. The van der Waals surface area contributed by atoms with Crippen molar-refractivity contribution >= 4 is 34.6 Å². The van der Waals surface area contributed by atoms with E-state index in [9.17, 15) is 14.4 Å². The van der Waals surface area contributed by atoms with Crippen molar-refractivity contribution in [3.8, 4) is 0 Å². The monoisotopic (exact) mass is 490 g/mol. The van der Waals surface area contributed by atoms with Crippen molar-refractivity contribution in [3.63, 3.8) is 0 Å². The van der Waals surface area contributed by atoms with Gasteiger partial charge in [0.1, 0.15) is 6.04 Å². The summed E-state index contributed by atoms with van der Waals surface area (Å²) in [5.74, 6) is -0.494. The van der Waals surface area contributed by atoms with Gasteiger partial charge in [0.25, 0.3) is 0 Å². The van der Waals surface area contributed by atoms with Crippen LogP contribution in [0.25, 0.3) is 10.9 Å². The number of piperidine rings is 1. The second-order valence-corrected chi connectivity index (χ2v) is 9.41. The Morgan fingerprint density at radius 2 is 2.00 bits per heavy atom. The zero-order valence-corrected chi connectivity index (χ0v) is 20.4. The van der Waals surface area contributed by atoms with Crippen LogP contribution in [-0.4, -0.2) is 70.3 Å². The predicted octanol–water partition coefficient (Wildman–Crippen LogP) is 3.18. The number of fused-ring (bicyclic) bond motifs is 2. The molecule has 3 aromatic rings. The Morgan fingerprint density at radius 1 is 1.22 bits per heavy atom. The smallest absolute Gasteiger partial charge is 0.328 e. The summed E-state index contributed by atoms with van der Waals surface area (Å²) in [5.41, 5.74) is 4.81. The number of anilines is 1. The lowest BCUT2D eigenvalue weighted by atomic mass is 10.0. The number of amides is 4. The number of aromatic amines is 1. The number of likely N-dealkylation sites (tertiary alicyclic amines) is 1. The van der Waals surface area contributed by atoms with Crippen LogP contribution < -0.4 is 10.6 Å². The maximum Gasteiger partial charge on any atom is 0.328 e. The standard InChI is InChI=1S/C26H30N6O4/c1-16-11-17(12-19-14-27-30-23(16)19)13-22(24(33)36-2)29-25(34)31-9-7-20(8-10-31)32-15-18-5-3-4-6-21(18)28-26(32)35/h3-6,11-12,14,20,22H,7-10,13,15H2,1-2H3,(H,27,30)(H,28,35)(H,29,34). The van der Waals surface area contributed by atoms with Gasteiger partial charge in [0.05, 0.1) is 18.8 Å². The number of aromatic nitrogens is 2. The summed E-state index contributed by atoms with van der Waals surface area (Å²) in [7, 11) is 1.32. The molecule has 3 heterocycles. The number of rotatable bonds is 5. The van der Waals surface area contributed by atoms with Gasteiger partial charge in [-0.3, -0.25) is 5.10 Å². The van der Waals surface area contributed by atoms with E-state index in [-0.39, 0.29) is 18.1 Å². The Hall–Kier alpha value is -4.08. The number of benzene rings is 2. The topological polar surface area (TPSA) is 120 Å². The molecule has 10 heteroatoms. The number of para-hydroxylation sites is 1. The van der Waals surface area contributed by atoms with Crippen molar-refractivity contribution in [1.82, 2.24) is 25.3 Å². The van der Waals surface area contributed by atoms with Gasteiger partial charge in [-0.05, 0) is 48.6 Å². The summed E-state index contributed by atoms with van der Waals surface area (Å²) < 4.78 is 4.97. The van der Waals surface area contributed by atoms with E-state index in [1.165, 1.54) is 7.11 Å². The molecule has 36 heavy (non-hydrogen) atoms. The van der Waals surface area contributed by atoms with Gasteiger partial charge in [-0.2, -0.15) is 5.10 Å². The molecule has 0 bridgehead atoms. The molecule has 4 amide bonds. The average Bonchev–Trinajstić information content (AvgIpc) is 3.37. The average molecular weight is 491 g/mol. The molecule has 3 N–H and O–H groups in total. The van der Waals surface area contributed by atoms with Crippen molar-refractivity contribution in [1.29, 1.82) is 0 Å². The maximum atomic E-state index is 13.1. The van der Waals surface area contributed by atoms with Crippen LogP contribution in [0.2, 0.25) is 0 Å². The zero-order chi connectivity index (χ0) is 25.2. The predicted molar refractivity (Wildman–Crippen MR) is 134 cm³/mol. The third-order valence-electron chi connectivity index (χ3n) is 7.08. The van der Waals surface area contributed by atoms with Crippen molar-refractivity contribution in [2.24, 2.45) is 0 Å². The molecule has 2 aliphatic rings. The van der Waals surface area contributed by atoms with Gasteiger partial charge >= 0.3 is 18.0 Å². The number of methoxy groups -OCH3 is 1. The van der Waals surface area contributed by atoms with Crippen LogP contribution in [0.1, 0.15) is 29.5 Å². The zero-order valence-electron chi connectivity index (χ0n) is 20.4. The lowest BCUT2D eigenvalue weighted by molar-refractivity contribution is -0.142.